The minimum absolute atomic E-state index is 0.0662. The average molecular weight is 289 g/mol. The van der Waals surface area contributed by atoms with E-state index in [4.69, 9.17) is 4.74 Å². The quantitative estimate of drug-likeness (QED) is 0.737. The molecular formula is C14H15N3O4. The highest BCUT2D eigenvalue weighted by molar-refractivity contribution is 6.01. The van der Waals surface area contributed by atoms with Crippen molar-refractivity contribution in [2.45, 2.75) is 13.8 Å². The Hall–Kier alpha value is -2.83. The SMILES string of the molecule is CCOc1ccc(N=C(C)c2c(O)[nH]c(=O)[nH]c2=O)cc1. The number of ether oxygens (including phenoxy) is 1. The minimum Gasteiger partial charge on any atom is -0.494 e. The Morgan fingerprint density at radius 3 is 2.48 bits per heavy atom. The van der Waals surface area contributed by atoms with Crippen molar-refractivity contribution in [3.63, 3.8) is 0 Å². The second-order valence-electron chi connectivity index (χ2n) is 4.26. The van der Waals surface area contributed by atoms with Gasteiger partial charge in [-0.25, -0.2) is 4.79 Å². The van der Waals surface area contributed by atoms with Crippen molar-refractivity contribution in [1.82, 2.24) is 9.97 Å². The number of aromatic amines is 2. The molecule has 0 spiro atoms. The van der Waals surface area contributed by atoms with Gasteiger partial charge in [0.2, 0.25) is 5.88 Å². The molecule has 0 bridgehead atoms. The molecule has 0 unspecified atom stereocenters. The zero-order valence-electron chi connectivity index (χ0n) is 11.6. The third kappa shape index (κ3) is 3.38. The third-order valence-corrected chi connectivity index (χ3v) is 2.73. The summed E-state index contributed by atoms with van der Waals surface area (Å²) in [4.78, 5) is 31.1. The predicted octanol–water partition coefficient (Wildman–Crippen LogP) is 1.31. The first-order chi connectivity index (χ1) is 10.0. The summed E-state index contributed by atoms with van der Waals surface area (Å²) in [5.74, 6) is 0.217. The van der Waals surface area contributed by atoms with Crippen molar-refractivity contribution in [1.29, 1.82) is 0 Å². The van der Waals surface area contributed by atoms with Crippen LogP contribution in [0.4, 0.5) is 5.69 Å². The first-order valence-electron chi connectivity index (χ1n) is 6.35. The second-order valence-corrected chi connectivity index (χ2v) is 4.26. The van der Waals surface area contributed by atoms with Gasteiger partial charge in [-0.3, -0.25) is 19.8 Å². The lowest BCUT2D eigenvalue weighted by Crippen LogP contribution is -2.27. The molecule has 1 aromatic carbocycles. The molecule has 7 nitrogen and oxygen atoms in total. The molecule has 1 heterocycles. The lowest BCUT2D eigenvalue weighted by atomic mass is 10.2. The van der Waals surface area contributed by atoms with E-state index in [9.17, 15) is 14.7 Å². The van der Waals surface area contributed by atoms with E-state index < -0.39 is 17.1 Å². The van der Waals surface area contributed by atoms with Crippen molar-refractivity contribution in [3.05, 3.63) is 50.7 Å². The highest BCUT2D eigenvalue weighted by Gasteiger charge is 2.11. The maximum atomic E-state index is 11.7. The van der Waals surface area contributed by atoms with Gasteiger partial charge in [-0.15, -0.1) is 0 Å². The molecule has 21 heavy (non-hydrogen) atoms. The summed E-state index contributed by atoms with van der Waals surface area (Å²) >= 11 is 0. The van der Waals surface area contributed by atoms with Gasteiger partial charge in [-0.05, 0) is 38.1 Å². The van der Waals surface area contributed by atoms with Crippen molar-refractivity contribution in [3.8, 4) is 11.6 Å². The van der Waals surface area contributed by atoms with Crippen molar-refractivity contribution < 1.29 is 9.84 Å². The Balaban J connectivity index is 2.37. The zero-order chi connectivity index (χ0) is 15.4. The van der Waals surface area contributed by atoms with Crippen LogP contribution in [0.3, 0.4) is 0 Å². The minimum atomic E-state index is -0.768. The number of hydrogen-bond donors (Lipinski definition) is 3. The van der Waals surface area contributed by atoms with Crippen LogP contribution in [0.1, 0.15) is 19.4 Å². The van der Waals surface area contributed by atoms with E-state index in [2.05, 4.69) is 9.98 Å². The Labute approximate surface area is 120 Å². The fraction of sp³-hybridized carbons (Fsp3) is 0.214. The van der Waals surface area contributed by atoms with E-state index in [1.807, 2.05) is 11.9 Å². The third-order valence-electron chi connectivity index (χ3n) is 2.73. The fourth-order valence-electron chi connectivity index (χ4n) is 1.84. The summed E-state index contributed by atoms with van der Waals surface area (Å²) in [6, 6.07) is 6.97. The van der Waals surface area contributed by atoms with Crippen LogP contribution in [-0.4, -0.2) is 27.4 Å². The van der Waals surface area contributed by atoms with Crippen molar-refractivity contribution in [2.75, 3.05) is 6.61 Å². The van der Waals surface area contributed by atoms with Gasteiger partial charge >= 0.3 is 5.69 Å². The number of rotatable bonds is 4. The van der Waals surface area contributed by atoms with Crippen molar-refractivity contribution in [2.24, 2.45) is 4.99 Å². The molecule has 0 amide bonds. The summed E-state index contributed by atoms with van der Waals surface area (Å²) in [6.07, 6.45) is 0. The number of hydrogen-bond acceptors (Lipinski definition) is 5. The first-order valence-corrected chi connectivity index (χ1v) is 6.35. The molecule has 0 saturated carbocycles. The predicted molar refractivity (Wildman–Crippen MR) is 78.8 cm³/mol. The van der Waals surface area contributed by atoms with Gasteiger partial charge in [0.15, 0.2) is 0 Å². The molecule has 110 valence electrons. The van der Waals surface area contributed by atoms with Crippen LogP contribution in [0.2, 0.25) is 0 Å². The number of aromatic nitrogens is 2. The van der Waals surface area contributed by atoms with E-state index in [1.165, 1.54) is 0 Å². The van der Waals surface area contributed by atoms with Gasteiger partial charge in [0.05, 0.1) is 18.0 Å². The maximum absolute atomic E-state index is 11.7. The number of benzene rings is 1. The highest BCUT2D eigenvalue weighted by Crippen LogP contribution is 2.19. The highest BCUT2D eigenvalue weighted by atomic mass is 16.5. The number of aliphatic imine (C=N–C) groups is 1. The second kappa shape index (κ2) is 6.08. The lowest BCUT2D eigenvalue weighted by Gasteiger charge is -2.04. The molecule has 0 atom stereocenters. The largest absolute Gasteiger partial charge is 0.494 e. The van der Waals surface area contributed by atoms with Gasteiger partial charge in [0.25, 0.3) is 5.56 Å². The van der Waals surface area contributed by atoms with Gasteiger partial charge in [-0.2, -0.15) is 0 Å². The van der Waals surface area contributed by atoms with E-state index in [-0.39, 0.29) is 11.3 Å². The van der Waals surface area contributed by atoms with Crippen LogP contribution >= 0.6 is 0 Å². The number of nitrogens with zero attached hydrogens (tertiary/aromatic N) is 1. The molecule has 0 saturated heterocycles. The van der Waals surface area contributed by atoms with E-state index in [0.717, 1.165) is 5.75 Å². The molecule has 0 aliphatic heterocycles. The summed E-state index contributed by atoms with van der Waals surface area (Å²) in [5, 5.41) is 9.66. The molecule has 3 N–H and O–H groups in total. The number of aromatic hydroxyl groups is 1. The average Bonchev–Trinajstić information content (AvgIpc) is 2.40. The normalized spacial score (nSPS) is 11.4. The van der Waals surface area contributed by atoms with Crippen molar-refractivity contribution >= 4 is 11.4 Å². The Kier molecular flexibility index (Phi) is 4.22. The molecule has 1 aromatic heterocycles. The summed E-state index contributed by atoms with van der Waals surface area (Å²) in [7, 11) is 0. The summed E-state index contributed by atoms with van der Waals surface area (Å²) in [6.45, 7) is 4.03. The zero-order valence-corrected chi connectivity index (χ0v) is 11.6. The van der Waals surface area contributed by atoms with Crippen LogP contribution in [0.15, 0.2) is 38.8 Å². The van der Waals surface area contributed by atoms with E-state index in [1.54, 1.807) is 31.2 Å². The molecule has 0 aliphatic carbocycles. The molecule has 0 fully saturated rings. The fourth-order valence-corrected chi connectivity index (χ4v) is 1.84. The van der Waals surface area contributed by atoms with E-state index >= 15 is 0 Å². The Morgan fingerprint density at radius 2 is 1.90 bits per heavy atom. The monoisotopic (exact) mass is 289 g/mol. The maximum Gasteiger partial charge on any atom is 0.328 e. The molecule has 2 aromatic rings. The van der Waals surface area contributed by atoms with Gasteiger partial charge < -0.3 is 9.84 Å². The summed E-state index contributed by atoms with van der Waals surface area (Å²) in [5.41, 5.74) is -0.642. The molecule has 0 radical (unpaired) electrons. The van der Waals surface area contributed by atoms with Crippen LogP contribution in [0.25, 0.3) is 0 Å². The standard InChI is InChI=1S/C14H15N3O4/c1-3-21-10-6-4-9(5-7-10)15-8(2)11-12(18)16-14(20)17-13(11)19/h4-7H,3H2,1-2H3,(H3,16,17,18,19,20). The first kappa shape index (κ1) is 14.6. The van der Waals surface area contributed by atoms with Gasteiger partial charge in [0, 0.05) is 0 Å². The van der Waals surface area contributed by atoms with E-state index in [0.29, 0.717) is 12.3 Å². The Bertz CT molecular complexity index is 772. The topological polar surface area (TPSA) is 108 Å². The lowest BCUT2D eigenvalue weighted by molar-refractivity contribution is 0.340. The Morgan fingerprint density at radius 1 is 1.24 bits per heavy atom. The smallest absolute Gasteiger partial charge is 0.328 e. The molecule has 2 rings (SSSR count). The molecular weight excluding hydrogens is 274 g/mol. The summed E-state index contributed by atoms with van der Waals surface area (Å²) < 4.78 is 5.32. The van der Waals surface area contributed by atoms with Crippen LogP contribution in [0, 0.1) is 0 Å². The van der Waals surface area contributed by atoms with Crippen LogP contribution < -0.4 is 16.0 Å². The number of nitrogens with one attached hydrogen (secondary N) is 2. The van der Waals surface area contributed by atoms with Gasteiger partial charge in [0.1, 0.15) is 11.3 Å². The molecule has 0 aliphatic rings. The van der Waals surface area contributed by atoms with Crippen LogP contribution in [0.5, 0.6) is 11.6 Å². The molecule has 7 heteroatoms. The number of H-pyrrole nitrogens is 2. The van der Waals surface area contributed by atoms with Crippen LogP contribution in [-0.2, 0) is 0 Å². The van der Waals surface area contributed by atoms with Gasteiger partial charge in [-0.1, -0.05) is 0 Å².